The number of benzene rings is 1. The minimum absolute atomic E-state index is 0.249. The van der Waals surface area contributed by atoms with E-state index in [1.54, 1.807) is 0 Å². The zero-order valence-electron chi connectivity index (χ0n) is 9.48. The minimum Gasteiger partial charge on any atom is -0.504 e. The molecule has 0 aromatic heterocycles. The fourth-order valence-corrected chi connectivity index (χ4v) is 1.09. The molecule has 98 valence electrons. The van der Waals surface area contributed by atoms with Crippen LogP contribution < -0.4 is 0 Å². The molecule has 6 heteroatoms. The van der Waals surface area contributed by atoms with Crippen LogP contribution in [0.25, 0.3) is 6.08 Å². The third kappa shape index (κ3) is 4.44. The maximum Gasteiger partial charge on any atom is 0.330 e. The molecule has 0 saturated carbocycles. The monoisotopic (exact) mass is 254 g/mol. The highest BCUT2D eigenvalue weighted by Gasteiger charge is 2.05. The smallest absolute Gasteiger partial charge is 0.330 e. The molecule has 18 heavy (non-hydrogen) atoms. The predicted octanol–water partition coefficient (Wildman–Crippen LogP) is 0.00740. The molecule has 1 rings (SSSR count). The number of hydrogen-bond acceptors (Lipinski definition) is 6. The normalized spacial score (nSPS) is 12.6. The van der Waals surface area contributed by atoms with E-state index in [4.69, 9.17) is 15.3 Å². The van der Waals surface area contributed by atoms with Crippen LogP contribution in [0.4, 0.5) is 0 Å². The second-order valence-electron chi connectivity index (χ2n) is 3.55. The number of carbonyl (C=O) groups is 1. The molecule has 0 aliphatic carbocycles. The van der Waals surface area contributed by atoms with E-state index < -0.39 is 18.7 Å². The Balaban J connectivity index is 2.53. The number of esters is 1. The first-order chi connectivity index (χ1) is 8.52. The van der Waals surface area contributed by atoms with E-state index in [9.17, 15) is 9.90 Å². The molecule has 0 aliphatic rings. The zero-order chi connectivity index (χ0) is 13.5. The lowest BCUT2D eigenvalue weighted by Crippen LogP contribution is -2.21. The van der Waals surface area contributed by atoms with Gasteiger partial charge in [-0.15, -0.1) is 0 Å². The van der Waals surface area contributed by atoms with Crippen molar-refractivity contribution in [3.8, 4) is 11.5 Å². The van der Waals surface area contributed by atoms with Crippen LogP contribution in [-0.4, -0.2) is 45.7 Å². The Bertz CT molecular complexity index is 440. The third-order valence-electron chi connectivity index (χ3n) is 2.04. The summed E-state index contributed by atoms with van der Waals surface area (Å²) in [6.07, 6.45) is 1.39. The molecule has 4 N–H and O–H groups in total. The van der Waals surface area contributed by atoms with Crippen LogP contribution in [0.3, 0.4) is 0 Å². The number of carbonyl (C=O) groups excluding carboxylic acids is 1. The van der Waals surface area contributed by atoms with Crippen LogP contribution in [0, 0.1) is 0 Å². The van der Waals surface area contributed by atoms with Gasteiger partial charge in [0.1, 0.15) is 12.7 Å². The van der Waals surface area contributed by atoms with Crippen LogP contribution in [0.1, 0.15) is 5.56 Å². The number of ether oxygens (including phenoxy) is 1. The lowest BCUT2D eigenvalue weighted by Gasteiger charge is -2.06. The fraction of sp³-hybridized carbons (Fsp3) is 0.250. The lowest BCUT2D eigenvalue weighted by molar-refractivity contribution is -0.141. The standard InChI is InChI=1S/C12H14O6/c13-6-9(14)7-18-12(17)4-2-8-1-3-10(15)11(16)5-8/h1-5,9,13-16H,6-7H2/b4-2+/t9-/m0/s1. The molecule has 1 atom stereocenters. The van der Waals surface area contributed by atoms with E-state index in [0.717, 1.165) is 6.08 Å². The molecule has 0 fully saturated rings. The molecule has 0 heterocycles. The average Bonchev–Trinajstić information content (AvgIpc) is 2.37. The van der Waals surface area contributed by atoms with E-state index in [1.807, 2.05) is 0 Å². The molecule has 1 aromatic carbocycles. The van der Waals surface area contributed by atoms with E-state index in [1.165, 1.54) is 24.3 Å². The van der Waals surface area contributed by atoms with Gasteiger partial charge in [-0.05, 0) is 23.8 Å². The summed E-state index contributed by atoms with van der Waals surface area (Å²) >= 11 is 0. The Morgan fingerprint density at radius 3 is 2.67 bits per heavy atom. The van der Waals surface area contributed by atoms with E-state index in [-0.39, 0.29) is 18.1 Å². The predicted molar refractivity (Wildman–Crippen MR) is 62.9 cm³/mol. The first-order valence-corrected chi connectivity index (χ1v) is 5.18. The Hall–Kier alpha value is -2.05. The highest BCUT2D eigenvalue weighted by molar-refractivity contribution is 5.87. The maximum atomic E-state index is 11.2. The number of aliphatic hydroxyl groups excluding tert-OH is 2. The summed E-state index contributed by atoms with van der Waals surface area (Å²) in [5, 5.41) is 35.7. The molecule has 0 amide bonds. The highest BCUT2D eigenvalue weighted by atomic mass is 16.5. The molecule has 0 unspecified atom stereocenters. The summed E-state index contributed by atoms with van der Waals surface area (Å²) in [6, 6.07) is 4.07. The highest BCUT2D eigenvalue weighted by Crippen LogP contribution is 2.25. The van der Waals surface area contributed by atoms with Gasteiger partial charge in [0.2, 0.25) is 0 Å². The van der Waals surface area contributed by atoms with Crippen LogP contribution in [-0.2, 0) is 9.53 Å². The molecule has 0 aliphatic heterocycles. The van der Waals surface area contributed by atoms with Crippen LogP contribution in [0.2, 0.25) is 0 Å². The maximum absolute atomic E-state index is 11.2. The van der Waals surface area contributed by atoms with Gasteiger partial charge in [0, 0.05) is 6.08 Å². The van der Waals surface area contributed by atoms with Crippen molar-refractivity contribution in [2.75, 3.05) is 13.2 Å². The molecule has 0 spiro atoms. The number of phenols is 2. The second kappa shape index (κ2) is 6.63. The number of hydrogen-bond donors (Lipinski definition) is 4. The molecule has 0 saturated heterocycles. The Kier molecular flexibility index (Phi) is 5.16. The van der Waals surface area contributed by atoms with Crippen molar-refractivity contribution in [1.29, 1.82) is 0 Å². The summed E-state index contributed by atoms with van der Waals surface area (Å²) in [7, 11) is 0. The van der Waals surface area contributed by atoms with Gasteiger partial charge in [-0.25, -0.2) is 4.79 Å². The van der Waals surface area contributed by atoms with Crippen molar-refractivity contribution in [3.05, 3.63) is 29.8 Å². The Morgan fingerprint density at radius 2 is 2.06 bits per heavy atom. The van der Waals surface area contributed by atoms with Gasteiger partial charge < -0.3 is 25.2 Å². The summed E-state index contributed by atoms with van der Waals surface area (Å²) in [6.45, 7) is -0.774. The van der Waals surface area contributed by atoms with Gasteiger partial charge in [0.25, 0.3) is 0 Å². The SMILES string of the molecule is O=C(/C=C/c1ccc(O)c(O)c1)OC[C@@H](O)CO. The first-order valence-electron chi connectivity index (χ1n) is 5.18. The quantitative estimate of drug-likeness (QED) is 0.335. The summed E-state index contributed by atoms with van der Waals surface area (Å²) < 4.78 is 4.62. The van der Waals surface area contributed by atoms with E-state index in [0.29, 0.717) is 5.56 Å². The van der Waals surface area contributed by atoms with Crippen molar-refractivity contribution < 1.29 is 30.0 Å². The van der Waals surface area contributed by atoms with Crippen molar-refractivity contribution in [1.82, 2.24) is 0 Å². The Labute approximate surface area is 103 Å². The first kappa shape index (κ1) is 14.0. The van der Waals surface area contributed by atoms with Crippen molar-refractivity contribution in [3.63, 3.8) is 0 Å². The van der Waals surface area contributed by atoms with Gasteiger partial charge in [0.15, 0.2) is 11.5 Å². The lowest BCUT2D eigenvalue weighted by atomic mass is 10.2. The topological polar surface area (TPSA) is 107 Å². The number of rotatable bonds is 5. The molecule has 0 radical (unpaired) electrons. The minimum atomic E-state index is -1.10. The zero-order valence-corrected chi connectivity index (χ0v) is 9.48. The van der Waals surface area contributed by atoms with E-state index in [2.05, 4.69) is 4.74 Å². The van der Waals surface area contributed by atoms with E-state index >= 15 is 0 Å². The summed E-state index contributed by atoms with van der Waals surface area (Å²) in [5.74, 6) is -1.22. The summed E-state index contributed by atoms with van der Waals surface area (Å²) in [4.78, 5) is 11.2. The average molecular weight is 254 g/mol. The number of aromatic hydroxyl groups is 2. The largest absolute Gasteiger partial charge is 0.504 e. The second-order valence-corrected chi connectivity index (χ2v) is 3.55. The van der Waals surface area contributed by atoms with Gasteiger partial charge >= 0.3 is 5.97 Å². The van der Waals surface area contributed by atoms with Crippen molar-refractivity contribution in [2.45, 2.75) is 6.10 Å². The van der Waals surface area contributed by atoms with Gasteiger partial charge in [-0.2, -0.15) is 0 Å². The van der Waals surface area contributed by atoms with Crippen LogP contribution in [0.15, 0.2) is 24.3 Å². The molecule has 6 nitrogen and oxygen atoms in total. The van der Waals surface area contributed by atoms with Crippen molar-refractivity contribution >= 4 is 12.0 Å². The number of phenolic OH excluding ortho intramolecular Hbond substituents is 2. The van der Waals surface area contributed by atoms with Gasteiger partial charge in [0.05, 0.1) is 6.61 Å². The third-order valence-corrected chi connectivity index (χ3v) is 2.04. The van der Waals surface area contributed by atoms with Gasteiger partial charge in [-0.3, -0.25) is 0 Å². The fourth-order valence-electron chi connectivity index (χ4n) is 1.09. The molecule has 1 aromatic rings. The number of aliphatic hydroxyl groups is 2. The van der Waals surface area contributed by atoms with Crippen LogP contribution >= 0.6 is 0 Å². The van der Waals surface area contributed by atoms with Gasteiger partial charge in [-0.1, -0.05) is 6.07 Å². The molecule has 0 bridgehead atoms. The van der Waals surface area contributed by atoms with Crippen LogP contribution in [0.5, 0.6) is 11.5 Å². The molecular formula is C12H14O6. The molecular weight excluding hydrogens is 240 g/mol. The Morgan fingerprint density at radius 1 is 1.33 bits per heavy atom. The van der Waals surface area contributed by atoms with Crippen molar-refractivity contribution in [2.24, 2.45) is 0 Å². The summed E-state index contributed by atoms with van der Waals surface area (Å²) in [5.41, 5.74) is 0.505.